The molecule has 2 saturated heterocycles. The SMILES string of the molecule is COCCCN1CCN(CCOC)[C@@H]2CS(=O)(=O)C[C@@H]21. The number of hydrogen-bond donors (Lipinski definition) is 0. The Morgan fingerprint density at radius 2 is 1.50 bits per heavy atom. The maximum atomic E-state index is 12.0. The Hall–Kier alpha value is -0.210. The molecule has 2 aliphatic rings. The van der Waals surface area contributed by atoms with Crippen molar-refractivity contribution in [3.8, 4) is 0 Å². The van der Waals surface area contributed by atoms with Crippen molar-refractivity contribution in [2.45, 2.75) is 18.5 Å². The van der Waals surface area contributed by atoms with E-state index in [0.29, 0.717) is 18.1 Å². The summed E-state index contributed by atoms with van der Waals surface area (Å²) < 4.78 is 34.2. The smallest absolute Gasteiger partial charge is 0.153 e. The molecule has 0 aromatic heterocycles. The van der Waals surface area contributed by atoms with Crippen molar-refractivity contribution in [2.24, 2.45) is 0 Å². The third-order valence-corrected chi connectivity index (χ3v) is 5.98. The zero-order chi connectivity index (χ0) is 14.6. The summed E-state index contributed by atoms with van der Waals surface area (Å²) in [5.74, 6) is 0.594. The Balaban J connectivity index is 1.99. The van der Waals surface area contributed by atoms with Crippen molar-refractivity contribution in [3.63, 3.8) is 0 Å². The number of methoxy groups -OCH3 is 2. The molecule has 0 radical (unpaired) electrons. The van der Waals surface area contributed by atoms with E-state index in [1.165, 1.54) is 0 Å². The van der Waals surface area contributed by atoms with E-state index in [9.17, 15) is 8.42 Å². The average Bonchev–Trinajstić information content (AvgIpc) is 2.73. The van der Waals surface area contributed by atoms with Gasteiger partial charge in [-0.25, -0.2) is 8.42 Å². The van der Waals surface area contributed by atoms with Crippen molar-refractivity contribution in [1.82, 2.24) is 9.80 Å². The van der Waals surface area contributed by atoms with E-state index in [4.69, 9.17) is 9.47 Å². The molecule has 118 valence electrons. The van der Waals surface area contributed by atoms with Gasteiger partial charge in [-0.2, -0.15) is 0 Å². The van der Waals surface area contributed by atoms with Gasteiger partial charge in [0, 0.05) is 59.1 Å². The molecule has 7 heteroatoms. The maximum absolute atomic E-state index is 12.0. The first kappa shape index (κ1) is 16.2. The molecule has 0 bridgehead atoms. The molecule has 0 saturated carbocycles. The van der Waals surface area contributed by atoms with Crippen molar-refractivity contribution < 1.29 is 17.9 Å². The van der Waals surface area contributed by atoms with Crippen molar-refractivity contribution in [2.75, 3.05) is 65.1 Å². The maximum Gasteiger partial charge on any atom is 0.153 e. The first-order chi connectivity index (χ1) is 9.57. The van der Waals surface area contributed by atoms with E-state index in [-0.39, 0.29) is 12.1 Å². The molecule has 0 spiro atoms. The number of rotatable bonds is 7. The fourth-order valence-electron chi connectivity index (χ4n) is 3.27. The molecule has 0 N–H and O–H groups in total. The molecule has 0 unspecified atom stereocenters. The van der Waals surface area contributed by atoms with Gasteiger partial charge in [0.05, 0.1) is 18.1 Å². The molecule has 2 fully saturated rings. The van der Waals surface area contributed by atoms with Gasteiger partial charge in [0.2, 0.25) is 0 Å². The predicted molar refractivity (Wildman–Crippen MR) is 77.7 cm³/mol. The molecule has 2 rings (SSSR count). The number of nitrogens with zero attached hydrogens (tertiary/aromatic N) is 2. The van der Waals surface area contributed by atoms with Crippen LogP contribution in [0.5, 0.6) is 0 Å². The Bertz CT molecular complexity index is 401. The highest BCUT2D eigenvalue weighted by atomic mass is 32.2. The van der Waals surface area contributed by atoms with Gasteiger partial charge in [-0.05, 0) is 6.42 Å². The molecule has 6 nitrogen and oxygen atoms in total. The zero-order valence-corrected chi connectivity index (χ0v) is 13.3. The van der Waals surface area contributed by atoms with Gasteiger partial charge in [-0.1, -0.05) is 0 Å². The number of ether oxygens (including phenoxy) is 2. The molecular weight excluding hydrogens is 280 g/mol. The number of hydrogen-bond acceptors (Lipinski definition) is 6. The fraction of sp³-hybridized carbons (Fsp3) is 1.00. The van der Waals surface area contributed by atoms with Crippen LogP contribution in [0.1, 0.15) is 6.42 Å². The normalized spacial score (nSPS) is 30.5. The second-order valence-corrected chi connectivity index (χ2v) is 7.78. The van der Waals surface area contributed by atoms with Gasteiger partial charge < -0.3 is 9.47 Å². The van der Waals surface area contributed by atoms with Crippen LogP contribution in [0, 0.1) is 0 Å². The molecule has 0 aromatic carbocycles. The van der Waals surface area contributed by atoms with Crippen molar-refractivity contribution >= 4 is 9.84 Å². The molecule has 2 heterocycles. The Labute approximate surface area is 121 Å². The zero-order valence-electron chi connectivity index (χ0n) is 12.5. The monoisotopic (exact) mass is 306 g/mol. The third kappa shape index (κ3) is 3.92. The van der Waals surface area contributed by atoms with Crippen LogP contribution in [0.25, 0.3) is 0 Å². The van der Waals surface area contributed by atoms with Crippen molar-refractivity contribution in [1.29, 1.82) is 0 Å². The minimum absolute atomic E-state index is 0.131. The lowest BCUT2D eigenvalue weighted by atomic mass is 10.0. The van der Waals surface area contributed by atoms with E-state index in [1.54, 1.807) is 14.2 Å². The summed E-state index contributed by atoms with van der Waals surface area (Å²) in [6.07, 6.45) is 0.956. The fourth-order valence-corrected chi connectivity index (χ4v) is 5.32. The van der Waals surface area contributed by atoms with Crippen LogP contribution in [0.15, 0.2) is 0 Å². The van der Waals surface area contributed by atoms with Crippen LogP contribution >= 0.6 is 0 Å². The Kier molecular flexibility index (Phi) is 5.80. The highest BCUT2D eigenvalue weighted by Gasteiger charge is 2.45. The van der Waals surface area contributed by atoms with Gasteiger partial charge in [0.1, 0.15) is 0 Å². The summed E-state index contributed by atoms with van der Waals surface area (Å²) in [6.45, 7) is 4.99. The van der Waals surface area contributed by atoms with Gasteiger partial charge in [-0.3, -0.25) is 9.80 Å². The van der Waals surface area contributed by atoms with E-state index in [2.05, 4.69) is 9.80 Å². The minimum Gasteiger partial charge on any atom is -0.385 e. The lowest BCUT2D eigenvalue weighted by Gasteiger charge is -2.43. The van der Waals surface area contributed by atoms with Crippen LogP contribution in [0.4, 0.5) is 0 Å². The lowest BCUT2D eigenvalue weighted by molar-refractivity contribution is 0.0255. The third-order valence-electron chi connectivity index (χ3n) is 4.28. The minimum atomic E-state index is -2.91. The van der Waals surface area contributed by atoms with Crippen LogP contribution < -0.4 is 0 Å². The first-order valence-electron chi connectivity index (χ1n) is 7.24. The van der Waals surface area contributed by atoms with E-state index in [0.717, 1.165) is 39.2 Å². The molecule has 2 aliphatic heterocycles. The number of piperazine rings is 1. The summed E-state index contributed by atoms with van der Waals surface area (Å²) in [7, 11) is 0.479. The van der Waals surface area contributed by atoms with Gasteiger partial charge in [-0.15, -0.1) is 0 Å². The molecule has 0 aliphatic carbocycles. The van der Waals surface area contributed by atoms with E-state index in [1.807, 2.05) is 0 Å². The van der Waals surface area contributed by atoms with Gasteiger partial charge in [0.15, 0.2) is 9.84 Å². The van der Waals surface area contributed by atoms with Crippen LogP contribution in [0.2, 0.25) is 0 Å². The predicted octanol–water partition coefficient (Wildman–Crippen LogP) is -0.547. The highest BCUT2D eigenvalue weighted by molar-refractivity contribution is 7.91. The first-order valence-corrected chi connectivity index (χ1v) is 9.06. The molecule has 2 atom stereocenters. The largest absolute Gasteiger partial charge is 0.385 e. The molecule has 0 amide bonds. The number of sulfone groups is 1. The van der Waals surface area contributed by atoms with Crippen LogP contribution in [-0.4, -0.2) is 95.4 Å². The molecule has 20 heavy (non-hydrogen) atoms. The van der Waals surface area contributed by atoms with Crippen LogP contribution in [0.3, 0.4) is 0 Å². The standard InChI is InChI=1S/C13H26N2O4S/c1-18-8-3-4-14-5-6-15(7-9-19-2)13-11-20(16,17)10-12(13)14/h12-13H,3-11H2,1-2H3/t12-,13+/m0/s1. The Morgan fingerprint density at radius 1 is 0.950 bits per heavy atom. The Morgan fingerprint density at radius 3 is 2.05 bits per heavy atom. The van der Waals surface area contributed by atoms with Gasteiger partial charge >= 0.3 is 0 Å². The quantitative estimate of drug-likeness (QED) is 0.589. The van der Waals surface area contributed by atoms with E-state index < -0.39 is 9.84 Å². The van der Waals surface area contributed by atoms with Gasteiger partial charge in [0.25, 0.3) is 0 Å². The van der Waals surface area contributed by atoms with E-state index >= 15 is 0 Å². The summed E-state index contributed by atoms with van der Waals surface area (Å²) in [4.78, 5) is 4.61. The average molecular weight is 306 g/mol. The highest BCUT2D eigenvalue weighted by Crippen LogP contribution is 2.26. The van der Waals surface area contributed by atoms with Crippen molar-refractivity contribution in [3.05, 3.63) is 0 Å². The summed E-state index contributed by atoms with van der Waals surface area (Å²) in [5, 5.41) is 0. The molecular formula is C13H26N2O4S. The molecule has 0 aromatic rings. The second kappa shape index (κ2) is 7.17. The summed E-state index contributed by atoms with van der Waals surface area (Å²) in [6, 6.07) is 0.272. The second-order valence-electron chi connectivity index (χ2n) is 5.62. The van der Waals surface area contributed by atoms with Crippen LogP contribution in [-0.2, 0) is 19.3 Å². The lowest BCUT2D eigenvalue weighted by Crippen LogP contribution is -2.59. The number of fused-ring (bicyclic) bond motifs is 1. The topological polar surface area (TPSA) is 59.1 Å². The summed E-state index contributed by atoms with van der Waals surface area (Å²) in [5.41, 5.74) is 0. The summed E-state index contributed by atoms with van der Waals surface area (Å²) >= 11 is 0.